The minimum absolute atomic E-state index is 0.204. The monoisotopic (exact) mass is 293 g/mol. The third-order valence-electron chi connectivity index (χ3n) is 2.88. The third kappa shape index (κ3) is 3.49. The van der Waals surface area contributed by atoms with Crippen LogP contribution in [-0.2, 0) is 6.54 Å². The van der Waals surface area contributed by atoms with E-state index in [2.05, 4.69) is 5.32 Å². The van der Waals surface area contributed by atoms with Gasteiger partial charge in [-0.15, -0.1) is 0 Å². The molecule has 2 aromatic rings. The van der Waals surface area contributed by atoms with Gasteiger partial charge in [0, 0.05) is 11.6 Å². The number of nitrogens with one attached hydrogen (secondary N) is 1. The smallest absolute Gasteiger partial charge is 0.253 e. The highest BCUT2D eigenvalue weighted by Crippen LogP contribution is 2.21. The summed E-state index contributed by atoms with van der Waals surface area (Å²) in [5.41, 5.74) is 2.66. The average Bonchev–Trinajstić information content (AvgIpc) is 2.37. The van der Waals surface area contributed by atoms with E-state index in [1.807, 2.05) is 31.2 Å². The third-order valence-corrected chi connectivity index (χ3v) is 3.42. The molecule has 0 spiro atoms. The number of aryl methyl sites for hydroxylation is 1. The number of carbonyl (C=O) groups excluding carboxylic acids is 1. The molecule has 0 aromatic heterocycles. The van der Waals surface area contributed by atoms with Gasteiger partial charge in [0.2, 0.25) is 0 Å². The summed E-state index contributed by atoms with van der Waals surface area (Å²) in [6.45, 7) is 2.49. The summed E-state index contributed by atoms with van der Waals surface area (Å²) < 4.78 is 0. The summed E-state index contributed by atoms with van der Waals surface area (Å²) in [4.78, 5) is 12.0. The van der Waals surface area contributed by atoms with E-state index in [0.29, 0.717) is 22.2 Å². The molecule has 2 rings (SSSR count). The first-order valence-electron chi connectivity index (χ1n) is 5.85. The second kappa shape index (κ2) is 6.09. The Balaban J connectivity index is 2.08. The SMILES string of the molecule is Cc1ccccc1CNC(=O)c1ccc(Cl)cc1Cl. The number of halogens is 2. The van der Waals surface area contributed by atoms with Gasteiger partial charge < -0.3 is 5.32 Å². The zero-order valence-corrected chi connectivity index (χ0v) is 11.9. The fraction of sp³-hybridized carbons (Fsp3) is 0.133. The second-order valence-corrected chi connectivity index (χ2v) is 5.08. The molecule has 4 heteroatoms. The van der Waals surface area contributed by atoms with Crippen LogP contribution in [0.3, 0.4) is 0 Å². The molecule has 0 radical (unpaired) electrons. The Hall–Kier alpha value is -1.51. The Kier molecular flexibility index (Phi) is 4.46. The van der Waals surface area contributed by atoms with E-state index < -0.39 is 0 Å². The lowest BCUT2D eigenvalue weighted by molar-refractivity contribution is 0.0951. The lowest BCUT2D eigenvalue weighted by atomic mass is 10.1. The van der Waals surface area contributed by atoms with Gasteiger partial charge in [0.25, 0.3) is 5.91 Å². The Bertz CT molecular complexity index is 611. The van der Waals surface area contributed by atoms with Crippen LogP contribution < -0.4 is 5.32 Å². The van der Waals surface area contributed by atoms with Crippen molar-refractivity contribution in [2.24, 2.45) is 0 Å². The van der Waals surface area contributed by atoms with Crippen molar-refractivity contribution in [1.82, 2.24) is 5.32 Å². The molecule has 0 unspecified atom stereocenters. The molecule has 2 aromatic carbocycles. The Labute approximate surface area is 122 Å². The van der Waals surface area contributed by atoms with Crippen LogP contribution in [0.15, 0.2) is 42.5 Å². The standard InChI is InChI=1S/C15H13Cl2NO/c1-10-4-2-3-5-11(10)9-18-15(19)13-7-6-12(16)8-14(13)17/h2-8H,9H2,1H3,(H,18,19). The zero-order valence-electron chi connectivity index (χ0n) is 10.4. The van der Waals surface area contributed by atoms with Crippen LogP contribution >= 0.6 is 23.2 Å². The van der Waals surface area contributed by atoms with Crippen molar-refractivity contribution in [1.29, 1.82) is 0 Å². The minimum Gasteiger partial charge on any atom is -0.348 e. The van der Waals surface area contributed by atoms with Gasteiger partial charge in [0.1, 0.15) is 0 Å². The number of hydrogen-bond donors (Lipinski definition) is 1. The summed E-state index contributed by atoms with van der Waals surface area (Å²) >= 11 is 11.8. The molecule has 0 saturated heterocycles. The first kappa shape index (κ1) is 13.9. The highest BCUT2D eigenvalue weighted by molar-refractivity contribution is 6.36. The van der Waals surface area contributed by atoms with Gasteiger partial charge in [-0.05, 0) is 36.2 Å². The maximum absolute atomic E-state index is 12.0. The van der Waals surface area contributed by atoms with Crippen LogP contribution in [0.5, 0.6) is 0 Å². The summed E-state index contributed by atoms with van der Waals surface area (Å²) in [6.07, 6.45) is 0. The maximum Gasteiger partial charge on any atom is 0.253 e. The van der Waals surface area contributed by atoms with Gasteiger partial charge in [0.15, 0.2) is 0 Å². The topological polar surface area (TPSA) is 29.1 Å². The van der Waals surface area contributed by atoms with Crippen LogP contribution in [-0.4, -0.2) is 5.91 Å². The summed E-state index contributed by atoms with van der Waals surface area (Å²) in [7, 11) is 0. The number of hydrogen-bond acceptors (Lipinski definition) is 1. The van der Waals surface area contributed by atoms with E-state index in [9.17, 15) is 4.79 Å². The van der Waals surface area contributed by atoms with E-state index in [0.717, 1.165) is 11.1 Å². The van der Waals surface area contributed by atoms with E-state index in [1.165, 1.54) is 0 Å². The Morgan fingerprint density at radius 2 is 1.89 bits per heavy atom. The van der Waals surface area contributed by atoms with Gasteiger partial charge in [-0.1, -0.05) is 47.5 Å². The highest BCUT2D eigenvalue weighted by Gasteiger charge is 2.10. The molecule has 0 saturated carbocycles. The molecule has 2 nitrogen and oxygen atoms in total. The van der Waals surface area contributed by atoms with E-state index in [1.54, 1.807) is 18.2 Å². The lowest BCUT2D eigenvalue weighted by Crippen LogP contribution is -2.23. The quantitative estimate of drug-likeness (QED) is 0.901. The molecule has 0 fully saturated rings. The summed E-state index contributed by atoms with van der Waals surface area (Å²) in [5, 5.41) is 3.72. The molecule has 0 bridgehead atoms. The van der Waals surface area contributed by atoms with Crippen LogP contribution in [0.1, 0.15) is 21.5 Å². The maximum atomic E-state index is 12.0. The highest BCUT2D eigenvalue weighted by atomic mass is 35.5. The fourth-order valence-corrected chi connectivity index (χ4v) is 2.25. The predicted octanol–water partition coefficient (Wildman–Crippen LogP) is 4.23. The molecule has 0 atom stereocenters. The van der Waals surface area contributed by atoms with E-state index >= 15 is 0 Å². The number of amides is 1. The molecule has 1 N–H and O–H groups in total. The second-order valence-electron chi connectivity index (χ2n) is 4.23. The van der Waals surface area contributed by atoms with Gasteiger partial charge in [-0.3, -0.25) is 4.79 Å². The minimum atomic E-state index is -0.204. The number of rotatable bonds is 3. The van der Waals surface area contributed by atoms with Gasteiger partial charge in [-0.2, -0.15) is 0 Å². The van der Waals surface area contributed by atoms with Gasteiger partial charge in [-0.25, -0.2) is 0 Å². The molecule has 0 aliphatic rings. The van der Waals surface area contributed by atoms with E-state index in [-0.39, 0.29) is 5.91 Å². The van der Waals surface area contributed by atoms with Crippen molar-refractivity contribution >= 4 is 29.1 Å². The van der Waals surface area contributed by atoms with Crippen LogP contribution in [0.4, 0.5) is 0 Å². The first-order chi connectivity index (χ1) is 9.08. The largest absolute Gasteiger partial charge is 0.348 e. The zero-order chi connectivity index (χ0) is 13.8. The molecule has 1 amide bonds. The number of carbonyl (C=O) groups is 1. The van der Waals surface area contributed by atoms with Crippen LogP contribution in [0.25, 0.3) is 0 Å². The average molecular weight is 294 g/mol. The van der Waals surface area contributed by atoms with Gasteiger partial charge in [0.05, 0.1) is 10.6 Å². The molecular weight excluding hydrogens is 281 g/mol. The lowest BCUT2D eigenvalue weighted by Gasteiger charge is -2.09. The number of benzene rings is 2. The Morgan fingerprint density at radius 1 is 1.16 bits per heavy atom. The first-order valence-corrected chi connectivity index (χ1v) is 6.61. The van der Waals surface area contributed by atoms with Crippen molar-refractivity contribution in [3.05, 3.63) is 69.2 Å². The molecule has 0 aliphatic heterocycles. The molecule has 98 valence electrons. The van der Waals surface area contributed by atoms with E-state index in [4.69, 9.17) is 23.2 Å². The molecular formula is C15H13Cl2NO. The van der Waals surface area contributed by atoms with Crippen molar-refractivity contribution in [2.75, 3.05) is 0 Å². The van der Waals surface area contributed by atoms with Crippen molar-refractivity contribution < 1.29 is 4.79 Å². The van der Waals surface area contributed by atoms with Crippen molar-refractivity contribution in [2.45, 2.75) is 13.5 Å². The predicted molar refractivity (Wildman–Crippen MR) is 78.8 cm³/mol. The van der Waals surface area contributed by atoms with Gasteiger partial charge >= 0.3 is 0 Å². The molecule has 0 heterocycles. The summed E-state index contributed by atoms with van der Waals surface area (Å²) in [5.74, 6) is -0.204. The molecule has 0 aliphatic carbocycles. The van der Waals surface area contributed by atoms with Crippen LogP contribution in [0.2, 0.25) is 10.0 Å². The molecule has 19 heavy (non-hydrogen) atoms. The summed E-state index contributed by atoms with van der Waals surface area (Å²) in [6, 6.07) is 12.7. The van der Waals surface area contributed by atoms with Crippen LogP contribution in [0, 0.1) is 6.92 Å². The Morgan fingerprint density at radius 3 is 2.58 bits per heavy atom. The fourth-order valence-electron chi connectivity index (χ4n) is 1.75. The normalized spacial score (nSPS) is 10.3. The van der Waals surface area contributed by atoms with Crippen molar-refractivity contribution in [3.63, 3.8) is 0 Å². The van der Waals surface area contributed by atoms with Crippen molar-refractivity contribution in [3.8, 4) is 0 Å².